The van der Waals surface area contributed by atoms with Crippen LogP contribution in [-0.2, 0) is 43.6 Å². The van der Waals surface area contributed by atoms with Gasteiger partial charge in [-0.05, 0) is 16.7 Å². The number of rotatable bonds is 14. The SMILES string of the molecule is O=C[C@@H](OCc1ccccc1)[C@@H](OCc1ccccc1)[C@H](O)C(=O)COCc1ccccc1. The Balaban J connectivity index is 1.64. The van der Waals surface area contributed by atoms with Crippen molar-refractivity contribution >= 4 is 12.1 Å². The summed E-state index contributed by atoms with van der Waals surface area (Å²) in [6, 6.07) is 28.0. The van der Waals surface area contributed by atoms with E-state index in [-0.39, 0.29) is 26.4 Å². The first kappa shape index (κ1) is 24.5. The van der Waals surface area contributed by atoms with Gasteiger partial charge < -0.3 is 24.1 Å². The van der Waals surface area contributed by atoms with Crippen molar-refractivity contribution in [1.82, 2.24) is 0 Å². The molecular formula is C27H28O6. The summed E-state index contributed by atoms with van der Waals surface area (Å²) in [5.41, 5.74) is 2.61. The third-order valence-electron chi connectivity index (χ3n) is 5.03. The molecule has 0 radical (unpaired) electrons. The molecule has 0 bridgehead atoms. The summed E-state index contributed by atoms with van der Waals surface area (Å²) in [6.07, 6.45) is -3.35. The van der Waals surface area contributed by atoms with E-state index < -0.39 is 24.1 Å². The van der Waals surface area contributed by atoms with Crippen LogP contribution in [-0.4, -0.2) is 42.1 Å². The van der Waals surface area contributed by atoms with Crippen molar-refractivity contribution in [3.8, 4) is 0 Å². The summed E-state index contributed by atoms with van der Waals surface area (Å²) in [6.45, 7) is 0.169. The first-order chi connectivity index (χ1) is 16.2. The Kier molecular flexibility index (Phi) is 9.94. The van der Waals surface area contributed by atoms with Gasteiger partial charge >= 0.3 is 0 Å². The van der Waals surface area contributed by atoms with E-state index in [1.165, 1.54) is 0 Å². The summed E-state index contributed by atoms with van der Waals surface area (Å²) in [7, 11) is 0. The first-order valence-electron chi connectivity index (χ1n) is 10.8. The topological polar surface area (TPSA) is 82.1 Å². The number of benzene rings is 3. The molecule has 0 aliphatic heterocycles. The van der Waals surface area contributed by atoms with Gasteiger partial charge in [0.2, 0.25) is 0 Å². The lowest BCUT2D eigenvalue weighted by molar-refractivity contribution is -0.161. The summed E-state index contributed by atoms with van der Waals surface area (Å²) in [5.74, 6) is -0.584. The lowest BCUT2D eigenvalue weighted by Gasteiger charge is -2.27. The first-order valence-corrected chi connectivity index (χ1v) is 10.8. The summed E-state index contributed by atoms with van der Waals surface area (Å²) in [4.78, 5) is 24.5. The largest absolute Gasteiger partial charge is 0.382 e. The maximum absolute atomic E-state index is 12.7. The number of carbonyl (C=O) groups is 2. The van der Waals surface area contributed by atoms with Crippen LogP contribution in [0.4, 0.5) is 0 Å². The summed E-state index contributed by atoms with van der Waals surface area (Å²) < 4.78 is 17.0. The van der Waals surface area contributed by atoms with Gasteiger partial charge in [-0.3, -0.25) is 4.79 Å². The van der Waals surface area contributed by atoms with Gasteiger partial charge in [-0.25, -0.2) is 0 Å². The highest BCUT2D eigenvalue weighted by Crippen LogP contribution is 2.15. The number of aliphatic hydroxyl groups is 1. The van der Waals surface area contributed by atoms with Gasteiger partial charge in [0, 0.05) is 0 Å². The quantitative estimate of drug-likeness (QED) is 0.380. The number of hydrogen-bond acceptors (Lipinski definition) is 6. The van der Waals surface area contributed by atoms with Crippen LogP contribution >= 0.6 is 0 Å². The predicted molar refractivity (Wildman–Crippen MR) is 123 cm³/mol. The van der Waals surface area contributed by atoms with Crippen molar-refractivity contribution in [3.05, 3.63) is 108 Å². The highest BCUT2D eigenvalue weighted by atomic mass is 16.6. The Hall–Kier alpha value is -3.16. The molecule has 6 heteroatoms. The fourth-order valence-corrected chi connectivity index (χ4v) is 3.22. The fourth-order valence-electron chi connectivity index (χ4n) is 3.22. The average molecular weight is 449 g/mol. The van der Waals surface area contributed by atoms with E-state index in [0.717, 1.165) is 16.7 Å². The standard InChI is InChI=1S/C27H28O6/c28-16-25(32-18-22-12-6-2-7-13-22)27(33-19-23-14-8-3-9-15-23)26(30)24(29)20-31-17-21-10-4-1-5-11-21/h1-16,25-27,30H,17-20H2/t25-,26-,27-/m1/s1. The Labute approximate surface area is 193 Å². The third-order valence-corrected chi connectivity index (χ3v) is 5.03. The van der Waals surface area contributed by atoms with Crippen molar-refractivity contribution in [2.45, 2.75) is 38.1 Å². The van der Waals surface area contributed by atoms with E-state index in [1.54, 1.807) is 0 Å². The number of Topliss-reactive ketones (excluding diaryl/α,β-unsaturated/α-hetero) is 1. The molecule has 0 amide bonds. The van der Waals surface area contributed by atoms with Crippen molar-refractivity contribution in [3.63, 3.8) is 0 Å². The van der Waals surface area contributed by atoms with Crippen molar-refractivity contribution in [2.24, 2.45) is 0 Å². The molecule has 0 spiro atoms. The summed E-state index contributed by atoms with van der Waals surface area (Å²) in [5, 5.41) is 10.8. The van der Waals surface area contributed by atoms with Crippen LogP contribution < -0.4 is 0 Å². The molecule has 1 N–H and O–H groups in total. The molecule has 0 saturated heterocycles. The number of aldehydes is 1. The molecule has 3 aromatic carbocycles. The van der Waals surface area contributed by atoms with Crippen LogP contribution in [0.15, 0.2) is 91.0 Å². The number of hydrogen-bond donors (Lipinski definition) is 1. The van der Waals surface area contributed by atoms with E-state index in [0.29, 0.717) is 6.29 Å². The van der Waals surface area contributed by atoms with Gasteiger partial charge in [0.15, 0.2) is 12.1 Å². The van der Waals surface area contributed by atoms with E-state index >= 15 is 0 Å². The molecular weight excluding hydrogens is 420 g/mol. The molecule has 6 nitrogen and oxygen atoms in total. The van der Waals surface area contributed by atoms with E-state index in [2.05, 4.69) is 0 Å². The Bertz CT molecular complexity index is 962. The Morgan fingerprint density at radius 2 is 1.18 bits per heavy atom. The maximum atomic E-state index is 12.7. The molecule has 3 rings (SSSR count). The second-order valence-corrected chi connectivity index (χ2v) is 7.55. The van der Waals surface area contributed by atoms with Crippen LogP contribution in [0.1, 0.15) is 16.7 Å². The zero-order valence-corrected chi connectivity index (χ0v) is 18.3. The normalized spacial score (nSPS) is 13.7. The van der Waals surface area contributed by atoms with Crippen molar-refractivity contribution in [1.29, 1.82) is 0 Å². The molecule has 3 aromatic rings. The predicted octanol–water partition coefficient (Wildman–Crippen LogP) is 3.50. The minimum absolute atomic E-state index is 0.111. The lowest BCUT2D eigenvalue weighted by Crippen LogP contribution is -2.47. The average Bonchev–Trinajstić information content (AvgIpc) is 2.87. The van der Waals surface area contributed by atoms with Gasteiger partial charge in [0.05, 0.1) is 19.8 Å². The van der Waals surface area contributed by atoms with Crippen LogP contribution in [0.5, 0.6) is 0 Å². The number of ketones is 1. The van der Waals surface area contributed by atoms with Crippen LogP contribution in [0.3, 0.4) is 0 Å². The third kappa shape index (κ3) is 8.04. The highest BCUT2D eigenvalue weighted by molar-refractivity contribution is 5.85. The van der Waals surface area contributed by atoms with Gasteiger partial charge in [-0.1, -0.05) is 91.0 Å². The summed E-state index contributed by atoms with van der Waals surface area (Å²) >= 11 is 0. The molecule has 0 saturated carbocycles. The number of carbonyl (C=O) groups excluding carboxylic acids is 2. The number of ether oxygens (including phenoxy) is 3. The minimum Gasteiger partial charge on any atom is -0.382 e. The fraction of sp³-hybridized carbons (Fsp3) is 0.259. The molecule has 33 heavy (non-hydrogen) atoms. The lowest BCUT2D eigenvalue weighted by atomic mass is 10.0. The van der Waals surface area contributed by atoms with Crippen LogP contribution in [0, 0.1) is 0 Å². The molecule has 0 aromatic heterocycles. The van der Waals surface area contributed by atoms with Crippen LogP contribution in [0.25, 0.3) is 0 Å². The second kappa shape index (κ2) is 13.4. The zero-order chi connectivity index (χ0) is 23.3. The van der Waals surface area contributed by atoms with E-state index in [1.807, 2.05) is 91.0 Å². The van der Waals surface area contributed by atoms with Gasteiger partial charge in [-0.15, -0.1) is 0 Å². The van der Waals surface area contributed by atoms with Crippen LogP contribution in [0.2, 0.25) is 0 Å². The molecule has 0 aliphatic rings. The Morgan fingerprint density at radius 1 is 0.727 bits per heavy atom. The van der Waals surface area contributed by atoms with Crippen molar-refractivity contribution in [2.75, 3.05) is 6.61 Å². The van der Waals surface area contributed by atoms with Gasteiger partial charge in [-0.2, -0.15) is 0 Å². The Morgan fingerprint density at radius 3 is 1.67 bits per heavy atom. The van der Waals surface area contributed by atoms with Crippen molar-refractivity contribution < 1.29 is 28.9 Å². The zero-order valence-electron chi connectivity index (χ0n) is 18.3. The van der Waals surface area contributed by atoms with Gasteiger partial charge in [0.25, 0.3) is 0 Å². The molecule has 3 atom stereocenters. The maximum Gasteiger partial charge on any atom is 0.189 e. The van der Waals surface area contributed by atoms with E-state index in [9.17, 15) is 14.7 Å². The smallest absolute Gasteiger partial charge is 0.189 e. The highest BCUT2D eigenvalue weighted by Gasteiger charge is 2.34. The molecule has 0 unspecified atom stereocenters. The molecule has 0 aliphatic carbocycles. The monoisotopic (exact) mass is 448 g/mol. The molecule has 172 valence electrons. The number of aliphatic hydroxyl groups excluding tert-OH is 1. The molecule has 0 fully saturated rings. The van der Waals surface area contributed by atoms with Gasteiger partial charge in [0.1, 0.15) is 24.9 Å². The van der Waals surface area contributed by atoms with E-state index in [4.69, 9.17) is 14.2 Å². The molecule has 0 heterocycles. The minimum atomic E-state index is -1.59. The second-order valence-electron chi connectivity index (χ2n) is 7.55.